The van der Waals surface area contributed by atoms with Crippen molar-refractivity contribution in [1.82, 2.24) is 0 Å². The summed E-state index contributed by atoms with van der Waals surface area (Å²) in [6.07, 6.45) is 0. The van der Waals surface area contributed by atoms with Crippen LogP contribution in [-0.2, 0) is 6.54 Å². The van der Waals surface area contributed by atoms with Gasteiger partial charge in [-0.3, -0.25) is 0 Å². The fraction of sp³-hybridized carbons (Fsp3) is 0.200. The maximum atomic E-state index is 5.52. The van der Waals surface area contributed by atoms with Crippen LogP contribution in [0.1, 0.15) is 11.1 Å². The van der Waals surface area contributed by atoms with Gasteiger partial charge in [0, 0.05) is 22.1 Å². The summed E-state index contributed by atoms with van der Waals surface area (Å²) in [4.78, 5) is 0. The Labute approximate surface area is 154 Å². The van der Waals surface area contributed by atoms with Crippen LogP contribution in [0, 0.1) is 6.92 Å². The first-order chi connectivity index (χ1) is 12.2. The summed E-state index contributed by atoms with van der Waals surface area (Å²) in [5.41, 5.74) is 3.37. The van der Waals surface area contributed by atoms with Gasteiger partial charge in [-0.1, -0.05) is 28.1 Å². The Morgan fingerprint density at radius 2 is 1.92 bits per heavy atom. The Balaban J connectivity index is 1.68. The summed E-state index contributed by atoms with van der Waals surface area (Å²) in [5.74, 6) is 2.48. The lowest BCUT2D eigenvalue weighted by Crippen LogP contribution is -2.04. The van der Waals surface area contributed by atoms with Crippen LogP contribution in [-0.4, -0.2) is 13.9 Å². The van der Waals surface area contributed by atoms with E-state index >= 15 is 0 Å². The molecular weight excluding hydrogens is 382 g/mol. The summed E-state index contributed by atoms with van der Waals surface area (Å²) >= 11 is 3.64. The predicted octanol–water partition coefficient (Wildman–Crippen LogP) is 5.26. The Hall–Kier alpha value is -2.40. The van der Waals surface area contributed by atoms with Crippen LogP contribution < -0.4 is 19.5 Å². The number of methoxy groups -OCH3 is 1. The lowest BCUT2D eigenvalue weighted by Gasteiger charge is -2.15. The monoisotopic (exact) mass is 399 g/mol. The van der Waals surface area contributed by atoms with Gasteiger partial charge in [0.2, 0.25) is 6.79 Å². The normalized spacial score (nSPS) is 12.4. The van der Waals surface area contributed by atoms with E-state index in [4.69, 9.17) is 14.2 Å². The number of hydrogen-bond donors (Lipinski definition) is 1. The number of rotatable bonds is 4. The van der Waals surface area contributed by atoms with Gasteiger partial charge in [0.15, 0.2) is 11.5 Å². The van der Waals surface area contributed by atoms with Crippen LogP contribution in [0.25, 0.3) is 10.8 Å². The largest absolute Gasteiger partial charge is 0.496 e. The highest BCUT2D eigenvalue weighted by molar-refractivity contribution is 9.10. The molecule has 0 unspecified atom stereocenters. The molecule has 1 N–H and O–H groups in total. The molecule has 0 radical (unpaired) electrons. The second-order valence-corrected chi connectivity index (χ2v) is 6.79. The Morgan fingerprint density at radius 3 is 2.72 bits per heavy atom. The van der Waals surface area contributed by atoms with Crippen molar-refractivity contribution in [3.63, 3.8) is 0 Å². The molecule has 0 saturated heterocycles. The van der Waals surface area contributed by atoms with Crippen molar-refractivity contribution in [3.8, 4) is 17.2 Å². The van der Waals surface area contributed by atoms with Crippen molar-refractivity contribution in [2.45, 2.75) is 13.5 Å². The van der Waals surface area contributed by atoms with Crippen molar-refractivity contribution in [3.05, 3.63) is 58.1 Å². The zero-order valence-electron chi connectivity index (χ0n) is 14.1. The molecule has 0 atom stereocenters. The van der Waals surface area contributed by atoms with E-state index < -0.39 is 0 Å². The van der Waals surface area contributed by atoms with Gasteiger partial charge in [-0.15, -0.1) is 0 Å². The van der Waals surface area contributed by atoms with E-state index in [1.807, 2.05) is 30.3 Å². The van der Waals surface area contributed by atoms with Crippen molar-refractivity contribution in [2.24, 2.45) is 0 Å². The Kier molecular flexibility index (Phi) is 4.17. The molecule has 0 bridgehead atoms. The van der Waals surface area contributed by atoms with Crippen LogP contribution in [0.4, 0.5) is 5.69 Å². The van der Waals surface area contributed by atoms with Gasteiger partial charge >= 0.3 is 0 Å². The first kappa shape index (κ1) is 16.1. The summed E-state index contributed by atoms with van der Waals surface area (Å²) in [5, 5.41) is 5.78. The Morgan fingerprint density at radius 1 is 1.12 bits per heavy atom. The summed E-state index contributed by atoms with van der Waals surface area (Å²) in [7, 11) is 1.70. The molecule has 0 aliphatic carbocycles. The fourth-order valence-electron chi connectivity index (χ4n) is 3.14. The molecule has 5 heteroatoms. The molecule has 25 heavy (non-hydrogen) atoms. The minimum atomic E-state index is 0.282. The standard InChI is InChI=1S/C20H18BrNO3/c1-12-15(16(21)6-7-18(12)23-2)10-22-17-5-3-4-13-8-19-20(9-14(13)17)25-11-24-19/h3-9,22H,10-11H2,1-2H3. The van der Waals surface area contributed by atoms with Crippen LogP contribution in [0.3, 0.4) is 0 Å². The molecule has 4 rings (SSSR count). The van der Waals surface area contributed by atoms with Crippen LogP contribution in [0.2, 0.25) is 0 Å². The highest BCUT2D eigenvalue weighted by atomic mass is 79.9. The summed E-state index contributed by atoms with van der Waals surface area (Å²) in [6.45, 7) is 3.04. The van der Waals surface area contributed by atoms with Gasteiger partial charge in [-0.05, 0) is 53.8 Å². The minimum absolute atomic E-state index is 0.282. The van der Waals surface area contributed by atoms with Crippen molar-refractivity contribution in [1.29, 1.82) is 0 Å². The minimum Gasteiger partial charge on any atom is -0.496 e. The first-order valence-corrected chi connectivity index (χ1v) is 8.85. The quantitative estimate of drug-likeness (QED) is 0.649. The topological polar surface area (TPSA) is 39.7 Å². The average Bonchev–Trinajstić information content (AvgIpc) is 3.07. The number of hydrogen-bond acceptors (Lipinski definition) is 4. The number of anilines is 1. The molecule has 3 aromatic carbocycles. The van der Waals surface area contributed by atoms with Gasteiger partial charge in [0.25, 0.3) is 0 Å². The molecule has 0 fully saturated rings. The van der Waals surface area contributed by atoms with Gasteiger partial charge in [-0.25, -0.2) is 0 Å². The SMILES string of the molecule is COc1ccc(Br)c(CNc2cccc3cc4c(cc23)OCO4)c1C. The number of benzene rings is 3. The third-order valence-electron chi connectivity index (χ3n) is 4.54. The second-order valence-electron chi connectivity index (χ2n) is 5.94. The molecule has 128 valence electrons. The molecular formula is C20H18BrNO3. The fourth-order valence-corrected chi connectivity index (χ4v) is 3.71. The molecule has 0 aromatic heterocycles. The van der Waals surface area contributed by atoms with E-state index in [9.17, 15) is 0 Å². The molecule has 1 aliphatic heterocycles. The van der Waals surface area contributed by atoms with E-state index in [0.717, 1.165) is 43.7 Å². The second kappa shape index (κ2) is 6.48. The molecule has 0 saturated carbocycles. The molecule has 0 spiro atoms. The summed E-state index contributed by atoms with van der Waals surface area (Å²) < 4.78 is 17.5. The van der Waals surface area contributed by atoms with Gasteiger partial charge in [0.05, 0.1) is 7.11 Å². The van der Waals surface area contributed by atoms with Crippen molar-refractivity contribution < 1.29 is 14.2 Å². The maximum Gasteiger partial charge on any atom is 0.231 e. The lowest BCUT2D eigenvalue weighted by molar-refractivity contribution is 0.174. The molecule has 4 nitrogen and oxygen atoms in total. The third-order valence-corrected chi connectivity index (χ3v) is 5.28. The number of fused-ring (bicyclic) bond motifs is 2. The third kappa shape index (κ3) is 2.89. The molecule has 0 amide bonds. The number of ether oxygens (including phenoxy) is 3. The van der Waals surface area contributed by atoms with E-state index in [2.05, 4.69) is 40.3 Å². The van der Waals surface area contributed by atoms with Gasteiger partial charge in [-0.2, -0.15) is 0 Å². The van der Waals surface area contributed by atoms with Crippen LogP contribution >= 0.6 is 15.9 Å². The summed E-state index contributed by atoms with van der Waals surface area (Å²) in [6, 6.07) is 14.2. The lowest BCUT2D eigenvalue weighted by atomic mass is 10.1. The van der Waals surface area contributed by atoms with Crippen molar-refractivity contribution >= 4 is 32.4 Å². The number of halogens is 1. The highest BCUT2D eigenvalue weighted by Gasteiger charge is 2.16. The molecule has 1 aliphatic rings. The van der Waals surface area contributed by atoms with Gasteiger partial charge in [0.1, 0.15) is 5.75 Å². The van der Waals surface area contributed by atoms with Gasteiger partial charge < -0.3 is 19.5 Å². The zero-order chi connectivity index (χ0) is 17.4. The highest BCUT2D eigenvalue weighted by Crippen LogP contribution is 2.38. The molecule has 3 aromatic rings. The smallest absolute Gasteiger partial charge is 0.231 e. The Bertz CT molecular complexity index is 955. The number of nitrogens with one attached hydrogen (secondary N) is 1. The first-order valence-electron chi connectivity index (χ1n) is 8.05. The van der Waals surface area contributed by atoms with E-state index in [1.54, 1.807) is 7.11 Å². The van der Waals surface area contributed by atoms with E-state index in [-0.39, 0.29) is 6.79 Å². The maximum absolute atomic E-state index is 5.52. The zero-order valence-corrected chi connectivity index (χ0v) is 15.6. The van der Waals surface area contributed by atoms with Crippen molar-refractivity contribution in [2.75, 3.05) is 19.2 Å². The van der Waals surface area contributed by atoms with E-state index in [0.29, 0.717) is 6.54 Å². The van der Waals surface area contributed by atoms with E-state index in [1.165, 1.54) is 5.56 Å². The van der Waals surface area contributed by atoms with Crippen LogP contribution in [0.5, 0.6) is 17.2 Å². The van der Waals surface area contributed by atoms with Crippen LogP contribution in [0.15, 0.2) is 46.9 Å². The predicted molar refractivity (Wildman–Crippen MR) is 103 cm³/mol. The average molecular weight is 400 g/mol. The molecule has 1 heterocycles.